The molecule has 1 heterocycles. The summed E-state index contributed by atoms with van der Waals surface area (Å²) in [5.74, 6) is 0. The number of thiocarbonyl (C=S) groups is 1. The smallest absolute Gasteiger partial charge is 0.238 e. The molecule has 0 aliphatic carbocycles. The molecule has 3 aromatic rings. The van der Waals surface area contributed by atoms with Gasteiger partial charge in [0.05, 0.1) is 23.3 Å². The molecule has 0 radical (unpaired) electrons. The molecule has 2 aromatic carbocycles. The average Bonchev–Trinajstić information content (AvgIpc) is 3.02. The number of rotatable bonds is 5. The Hall–Kier alpha value is -2.75. The number of nitrogens with zero attached hydrogens (tertiary/aromatic N) is 2. The molecular formula is C17H17N5O2S2. The summed E-state index contributed by atoms with van der Waals surface area (Å²) < 4.78 is 24.3. The molecule has 3 rings (SSSR count). The Labute approximate surface area is 156 Å². The highest BCUT2D eigenvalue weighted by Gasteiger charge is 2.07. The summed E-state index contributed by atoms with van der Waals surface area (Å²) in [4.78, 5) is 0.0455. The third kappa shape index (κ3) is 4.88. The fourth-order valence-corrected chi connectivity index (χ4v) is 3.06. The van der Waals surface area contributed by atoms with Crippen molar-refractivity contribution in [1.82, 2.24) is 9.78 Å². The van der Waals surface area contributed by atoms with Crippen LogP contribution in [0.25, 0.3) is 0 Å². The summed E-state index contributed by atoms with van der Waals surface area (Å²) in [6, 6.07) is 16.0. The molecule has 0 bridgehead atoms. The molecule has 0 unspecified atom stereocenters. The highest BCUT2D eigenvalue weighted by atomic mass is 32.2. The highest BCUT2D eigenvalue weighted by molar-refractivity contribution is 7.89. The first-order valence-corrected chi connectivity index (χ1v) is 9.63. The maximum atomic E-state index is 11.3. The molecule has 0 amide bonds. The number of sulfonamides is 1. The van der Waals surface area contributed by atoms with Gasteiger partial charge in [-0.1, -0.05) is 30.3 Å². The molecule has 134 valence electrons. The Bertz CT molecular complexity index is 999. The van der Waals surface area contributed by atoms with Crippen molar-refractivity contribution in [3.63, 3.8) is 0 Å². The first-order chi connectivity index (χ1) is 12.4. The van der Waals surface area contributed by atoms with Crippen molar-refractivity contribution in [2.24, 2.45) is 5.14 Å². The predicted octanol–water partition coefficient (Wildman–Crippen LogP) is 2.39. The van der Waals surface area contributed by atoms with E-state index in [0.29, 0.717) is 17.3 Å². The van der Waals surface area contributed by atoms with Crippen LogP contribution in [0.3, 0.4) is 0 Å². The van der Waals surface area contributed by atoms with E-state index in [1.807, 2.05) is 36.5 Å². The molecule has 0 saturated heterocycles. The second-order valence-corrected chi connectivity index (χ2v) is 7.53. The minimum absolute atomic E-state index is 0.0455. The van der Waals surface area contributed by atoms with E-state index in [-0.39, 0.29) is 4.90 Å². The molecule has 0 saturated carbocycles. The van der Waals surface area contributed by atoms with Gasteiger partial charge in [-0.25, -0.2) is 13.6 Å². The van der Waals surface area contributed by atoms with Gasteiger partial charge in [0.25, 0.3) is 0 Å². The molecule has 7 nitrogen and oxygen atoms in total. The summed E-state index contributed by atoms with van der Waals surface area (Å²) in [6.07, 6.45) is 3.53. The van der Waals surface area contributed by atoms with Crippen molar-refractivity contribution in [2.45, 2.75) is 11.4 Å². The molecule has 26 heavy (non-hydrogen) atoms. The van der Waals surface area contributed by atoms with Crippen LogP contribution in [0.2, 0.25) is 0 Å². The summed E-state index contributed by atoms with van der Waals surface area (Å²) in [5, 5.41) is 15.7. The highest BCUT2D eigenvalue weighted by Crippen LogP contribution is 2.14. The monoisotopic (exact) mass is 387 g/mol. The van der Waals surface area contributed by atoms with E-state index in [9.17, 15) is 8.42 Å². The van der Waals surface area contributed by atoms with E-state index in [1.54, 1.807) is 23.0 Å². The van der Waals surface area contributed by atoms with Gasteiger partial charge in [0, 0.05) is 11.9 Å². The molecule has 4 N–H and O–H groups in total. The van der Waals surface area contributed by atoms with Crippen molar-refractivity contribution in [3.8, 4) is 0 Å². The van der Waals surface area contributed by atoms with E-state index in [4.69, 9.17) is 17.4 Å². The number of nitrogens with one attached hydrogen (secondary N) is 2. The van der Waals surface area contributed by atoms with Crippen LogP contribution in [0.1, 0.15) is 5.56 Å². The number of benzene rings is 2. The van der Waals surface area contributed by atoms with Crippen LogP contribution in [0.15, 0.2) is 71.9 Å². The minimum Gasteiger partial charge on any atom is -0.332 e. The SMILES string of the molecule is NS(=O)(=O)c1ccc(NC(=S)Nc2cnn(Cc3ccccc3)c2)cc1. The Morgan fingerprint density at radius 1 is 1.04 bits per heavy atom. The van der Waals surface area contributed by atoms with Gasteiger partial charge in [0.1, 0.15) is 0 Å². The van der Waals surface area contributed by atoms with Gasteiger partial charge in [-0.05, 0) is 42.0 Å². The van der Waals surface area contributed by atoms with Gasteiger partial charge in [-0.15, -0.1) is 0 Å². The van der Waals surface area contributed by atoms with Gasteiger partial charge in [0.2, 0.25) is 10.0 Å². The molecule has 0 spiro atoms. The Morgan fingerprint density at radius 3 is 2.35 bits per heavy atom. The summed E-state index contributed by atoms with van der Waals surface area (Å²) in [5.41, 5.74) is 2.55. The molecule has 0 atom stereocenters. The van der Waals surface area contributed by atoms with E-state index in [1.165, 1.54) is 12.1 Å². The second-order valence-electron chi connectivity index (χ2n) is 5.56. The molecule has 0 aliphatic heterocycles. The van der Waals surface area contributed by atoms with Gasteiger partial charge < -0.3 is 10.6 Å². The quantitative estimate of drug-likeness (QED) is 0.581. The molecule has 1 aromatic heterocycles. The van der Waals surface area contributed by atoms with Crippen LogP contribution in [-0.2, 0) is 16.6 Å². The van der Waals surface area contributed by atoms with Crippen molar-refractivity contribution in [3.05, 3.63) is 72.6 Å². The molecule has 0 fully saturated rings. The number of nitrogens with two attached hydrogens (primary N) is 1. The lowest BCUT2D eigenvalue weighted by molar-refractivity contribution is 0.598. The fourth-order valence-electron chi connectivity index (χ4n) is 2.31. The Kier molecular flexibility index (Phi) is 5.31. The lowest BCUT2D eigenvalue weighted by Crippen LogP contribution is -2.19. The van der Waals surface area contributed by atoms with Crippen molar-refractivity contribution >= 4 is 38.7 Å². The number of hydrogen-bond acceptors (Lipinski definition) is 4. The van der Waals surface area contributed by atoms with E-state index < -0.39 is 10.0 Å². The van der Waals surface area contributed by atoms with Crippen LogP contribution in [-0.4, -0.2) is 23.3 Å². The topological polar surface area (TPSA) is 102 Å². The van der Waals surface area contributed by atoms with Gasteiger partial charge in [0.15, 0.2) is 5.11 Å². The molecular weight excluding hydrogens is 370 g/mol. The van der Waals surface area contributed by atoms with Crippen molar-refractivity contribution in [1.29, 1.82) is 0 Å². The number of aromatic nitrogens is 2. The Morgan fingerprint density at radius 2 is 1.69 bits per heavy atom. The maximum Gasteiger partial charge on any atom is 0.238 e. The molecule has 9 heteroatoms. The number of hydrogen-bond donors (Lipinski definition) is 3. The lowest BCUT2D eigenvalue weighted by Gasteiger charge is -2.09. The standard InChI is InChI=1S/C17H17N5O2S2/c18-26(23,24)16-8-6-14(7-9-16)20-17(25)21-15-10-19-22(12-15)11-13-4-2-1-3-5-13/h1-10,12H,11H2,(H2,18,23,24)(H2,20,21,25). The number of primary sulfonamides is 1. The summed E-state index contributed by atoms with van der Waals surface area (Å²) in [7, 11) is -3.71. The fraction of sp³-hybridized carbons (Fsp3) is 0.0588. The molecule has 0 aliphatic rings. The Balaban J connectivity index is 1.58. The third-order valence-corrected chi connectivity index (χ3v) is 4.65. The summed E-state index contributed by atoms with van der Waals surface area (Å²) in [6.45, 7) is 0.664. The lowest BCUT2D eigenvalue weighted by atomic mass is 10.2. The van der Waals surface area contributed by atoms with Crippen molar-refractivity contribution < 1.29 is 8.42 Å². The van der Waals surface area contributed by atoms with Crippen LogP contribution in [0.4, 0.5) is 11.4 Å². The zero-order valence-corrected chi connectivity index (χ0v) is 15.3. The first-order valence-electron chi connectivity index (χ1n) is 7.67. The first kappa shape index (κ1) is 18.1. The minimum atomic E-state index is -3.71. The van der Waals surface area contributed by atoms with Crippen LogP contribution >= 0.6 is 12.2 Å². The van der Waals surface area contributed by atoms with E-state index in [2.05, 4.69) is 15.7 Å². The number of anilines is 2. The van der Waals surface area contributed by atoms with Crippen LogP contribution < -0.4 is 15.8 Å². The van der Waals surface area contributed by atoms with Gasteiger partial charge >= 0.3 is 0 Å². The normalized spacial score (nSPS) is 11.1. The van der Waals surface area contributed by atoms with Crippen LogP contribution in [0, 0.1) is 0 Å². The second kappa shape index (κ2) is 7.65. The van der Waals surface area contributed by atoms with Crippen LogP contribution in [0.5, 0.6) is 0 Å². The van der Waals surface area contributed by atoms with Gasteiger partial charge in [-0.2, -0.15) is 5.10 Å². The van der Waals surface area contributed by atoms with Crippen molar-refractivity contribution in [2.75, 3.05) is 10.6 Å². The predicted molar refractivity (Wildman–Crippen MR) is 105 cm³/mol. The van der Waals surface area contributed by atoms with E-state index in [0.717, 1.165) is 11.3 Å². The zero-order valence-electron chi connectivity index (χ0n) is 13.7. The van der Waals surface area contributed by atoms with Gasteiger partial charge in [-0.3, -0.25) is 4.68 Å². The van der Waals surface area contributed by atoms with E-state index >= 15 is 0 Å². The summed E-state index contributed by atoms with van der Waals surface area (Å²) >= 11 is 5.26. The average molecular weight is 387 g/mol. The third-order valence-electron chi connectivity index (χ3n) is 3.52. The largest absolute Gasteiger partial charge is 0.332 e. The zero-order chi connectivity index (χ0) is 18.6. The maximum absolute atomic E-state index is 11.3.